The summed E-state index contributed by atoms with van der Waals surface area (Å²) in [5.41, 5.74) is 1.54. The van der Waals surface area contributed by atoms with Crippen LogP contribution in [0.3, 0.4) is 0 Å². The van der Waals surface area contributed by atoms with Gasteiger partial charge in [0.2, 0.25) is 0 Å². The lowest BCUT2D eigenvalue weighted by molar-refractivity contribution is -0.157. The van der Waals surface area contributed by atoms with Crippen LogP contribution < -0.4 is 5.06 Å². The van der Waals surface area contributed by atoms with Crippen LogP contribution >= 0.6 is 22.6 Å². The van der Waals surface area contributed by atoms with Crippen LogP contribution in [0.1, 0.15) is 19.4 Å². The second-order valence-electron chi connectivity index (χ2n) is 3.97. The molecule has 19 heavy (non-hydrogen) atoms. The SMILES string of the molecule is CC(=O)ON1c2ccccc2C=CC1(I)OC(C)=O. The van der Waals surface area contributed by atoms with Crippen LogP contribution in [-0.2, 0) is 19.2 Å². The largest absolute Gasteiger partial charge is 0.423 e. The molecule has 1 unspecified atom stereocenters. The highest BCUT2D eigenvalue weighted by Gasteiger charge is 2.41. The van der Waals surface area contributed by atoms with Gasteiger partial charge in [0.15, 0.2) is 0 Å². The average Bonchev–Trinajstić information content (AvgIpc) is 2.32. The summed E-state index contributed by atoms with van der Waals surface area (Å²) < 4.78 is 4.08. The third-order valence-corrected chi connectivity index (χ3v) is 3.43. The van der Waals surface area contributed by atoms with Crippen molar-refractivity contribution in [3.63, 3.8) is 0 Å². The summed E-state index contributed by atoms with van der Waals surface area (Å²) >= 11 is 1.92. The second-order valence-corrected chi connectivity index (χ2v) is 5.52. The van der Waals surface area contributed by atoms with Crippen LogP contribution in [0.15, 0.2) is 30.3 Å². The molecular weight excluding hydrogens is 361 g/mol. The number of benzene rings is 1. The van der Waals surface area contributed by atoms with Gasteiger partial charge >= 0.3 is 11.9 Å². The smallest absolute Gasteiger partial charge is 0.329 e. The minimum absolute atomic E-state index is 0.462. The molecule has 0 aliphatic carbocycles. The number of fused-ring (bicyclic) bond motifs is 1. The van der Waals surface area contributed by atoms with Crippen molar-refractivity contribution in [1.29, 1.82) is 0 Å². The van der Waals surface area contributed by atoms with Crippen LogP contribution in [0.5, 0.6) is 0 Å². The van der Waals surface area contributed by atoms with E-state index in [1.54, 1.807) is 12.1 Å². The van der Waals surface area contributed by atoms with E-state index in [0.717, 1.165) is 5.56 Å². The summed E-state index contributed by atoms with van der Waals surface area (Å²) in [6.45, 7) is 2.60. The Hall–Kier alpha value is -1.57. The number of hydrogen-bond acceptors (Lipinski definition) is 5. The number of carbonyl (C=O) groups is 2. The molecular formula is C13H12INO4. The number of carbonyl (C=O) groups excluding carboxylic acids is 2. The first kappa shape index (κ1) is 13.9. The Bertz CT molecular complexity index is 557. The lowest BCUT2D eigenvalue weighted by Gasteiger charge is -2.38. The number of halogens is 1. The van der Waals surface area contributed by atoms with Crippen LogP contribution in [0.4, 0.5) is 5.69 Å². The lowest BCUT2D eigenvalue weighted by Crippen LogP contribution is -2.48. The molecule has 6 heteroatoms. The summed E-state index contributed by atoms with van der Waals surface area (Å²) in [6.07, 6.45) is 3.49. The zero-order valence-electron chi connectivity index (χ0n) is 10.4. The van der Waals surface area contributed by atoms with Gasteiger partial charge < -0.3 is 9.57 Å². The van der Waals surface area contributed by atoms with Crippen molar-refractivity contribution in [3.8, 4) is 0 Å². The molecule has 0 aromatic heterocycles. The molecule has 100 valence electrons. The number of anilines is 1. The predicted molar refractivity (Wildman–Crippen MR) is 78.2 cm³/mol. The van der Waals surface area contributed by atoms with Crippen molar-refractivity contribution in [3.05, 3.63) is 35.9 Å². The Morgan fingerprint density at radius 3 is 2.53 bits per heavy atom. The Kier molecular flexibility index (Phi) is 3.79. The van der Waals surface area contributed by atoms with Gasteiger partial charge in [0.25, 0.3) is 3.73 Å². The summed E-state index contributed by atoms with van der Waals surface area (Å²) in [5, 5.41) is 1.30. The molecule has 1 atom stereocenters. The molecule has 0 amide bonds. The Labute approximate surface area is 124 Å². The predicted octanol–water partition coefficient (Wildman–Crippen LogP) is 2.65. The van der Waals surface area contributed by atoms with Gasteiger partial charge in [-0.05, 0) is 18.2 Å². The van der Waals surface area contributed by atoms with E-state index in [9.17, 15) is 9.59 Å². The number of hydroxylamine groups is 1. The van der Waals surface area contributed by atoms with Crippen molar-refractivity contribution in [2.75, 3.05) is 5.06 Å². The van der Waals surface area contributed by atoms with Crippen molar-refractivity contribution in [2.24, 2.45) is 0 Å². The Balaban J connectivity index is 2.46. The number of ether oxygens (including phenoxy) is 1. The van der Waals surface area contributed by atoms with Gasteiger partial charge in [0.1, 0.15) is 0 Å². The fourth-order valence-electron chi connectivity index (χ4n) is 1.75. The second kappa shape index (κ2) is 5.20. The molecule has 5 nitrogen and oxygen atoms in total. The van der Waals surface area contributed by atoms with E-state index >= 15 is 0 Å². The van der Waals surface area contributed by atoms with Crippen LogP contribution in [0.2, 0.25) is 0 Å². The van der Waals surface area contributed by atoms with E-state index in [1.165, 1.54) is 18.9 Å². The first-order chi connectivity index (χ1) is 8.92. The average molecular weight is 373 g/mol. The van der Waals surface area contributed by atoms with E-state index in [-0.39, 0.29) is 0 Å². The number of hydrogen-bond donors (Lipinski definition) is 0. The zero-order valence-corrected chi connectivity index (χ0v) is 12.6. The Morgan fingerprint density at radius 1 is 1.21 bits per heavy atom. The van der Waals surface area contributed by atoms with Gasteiger partial charge in [-0.25, -0.2) is 0 Å². The van der Waals surface area contributed by atoms with Gasteiger partial charge in [-0.2, -0.15) is 0 Å². The molecule has 0 N–H and O–H groups in total. The molecule has 1 aromatic carbocycles. The first-order valence-corrected chi connectivity index (χ1v) is 6.66. The molecule has 1 heterocycles. The molecule has 1 aliphatic rings. The molecule has 2 rings (SSSR count). The number of esters is 1. The van der Waals surface area contributed by atoms with E-state index in [4.69, 9.17) is 9.57 Å². The van der Waals surface area contributed by atoms with Crippen molar-refractivity contribution < 1.29 is 19.2 Å². The highest BCUT2D eigenvalue weighted by Crippen LogP contribution is 2.39. The highest BCUT2D eigenvalue weighted by atomic mass is 127. The van der Waals surface area contributed by atoms with Gasteiger partial charge in [0, 0.05) is 42.0 Å². The summed E-state index contributed by atoms with van der Waals surface area (Å²) in [6, 6.07) is 7.37. The third kappa shape index (κ3) is 2.89. The maximum atomic E-state index is 11.3. The van der Waals surface area contributed by atoms with Gasteiger partial charge in [-0.15, -0.1) is 5.06 Å². The monoisotopic (exact) mass is 373 g/mol. The van der Waals surface area contributed by atoms with Crippen LogP contribution in [0.25, 0.3) is 6.08 Å². The van der Waals surface area contributed by atoms with Gasteiger partial charge in [-0.1, -0.05) is 18.2 Å². The molecule has 1 aromatic rings. The minimum Gasteiger partial charge on any atom is -0.423 e. The van der Waals surface area contributed by atoms with Crippen molar-refractivity contribution >= 4 is 46.3 Å². The number of nitrogens with zero attached hydrogens (tertiary/aromatic N) is 1. The fraction of sp³-hybridized carbons (Fsp3) is 0.231. The number of alkyl halides is 1. The molecule has 0 radical (unpaired) electrons. The van der Waals surface area contributed by atoms with Crippen LogP contribution in [-0.4, -0.2) is 15.7 Å². The summed E-state index contributed by atoms with van der Waals surface area (Å²) in [4.78, 5) is 27.7. The molecule has 0 bridgehead atoms. The molecule has 0 fully saturated rings. The topological polar surface area (TPSA) is 55.8 Å². The first-order valence-electron chi connectivity index (χ1n) is 5.58. The van der Waals surface area contributed by atoms with Gasteiger partial charge in [0.05, 0.1) is 5.69 Å². The number of para-hydroxylation sites is 1. The standard InChI is InChI=1S/C13H12INO4/c1-9(16)18-13(14)8-7-11-5-3-4-6-12(11)15(13)19-10(2)17/h3-8H,1-2H3. The third-order valence-electron chi connectivity index (χ3n) is 2.41. The summed E-state index contributed by atoms with van der Waals surface area (Å²) in [5.74, 6) is -0.950. The molecule has 1 aliphatic heterocycles. The van der Waals surface area contributed by atoms with Crippen molar-refractivity contribution in [1.82, 2.24) is 0 Å². The minimum atomic E-state index is -1.18. The summed E-state index contributed by atoms with van der Waals surface area (Å²) in [7, 11) is 0. The van der Waals surface area contributed by atoms with Crippen molar-refractivity contribution in [2.45, 2.75) is 17.6 Å². The zero-order chi connectivity index (χ0) is 14.0. The quantitative estimate of drug-likeness (QED) is 0.345. The molecule has 0 saturated carbocycles. The number of rotatable bonds is 2. The maximum Gasteiger partial charge on any atom is 0.329 e. The molecule has 0 saturated heterocycles. The lowest BCUT2D eigenvalue weighted by atomic mass is 10.1. The highest BCUT2D eigenvalue weighted by molar-refractivity contribution is 14.1. The van der Waals surface area contributed by atoms with E-state index < -0.39 is 15.7 Å². The van der Waals surface area contributed by atoms with E-state index in [2.05, 4.69) is 0 Å². The van der Waals surface area contributed by atoms with E-state index in [1.807, 2.05) is 46.9 Å². The normalized spacial score (nSPS) is 20.7. The van der Waals surface area contributed by atoms with E-state index in [0.29, 0.717) is 5.69 Å². The Morgan fingerprint density at radius 2 is 1.89 bits per heavy atom. The maximum absolute atomic E-state index is 11.3. The van der Waals surface area contributed by atoms with Gasteiger partial charge in [-0.3, -0.25) is 9.59 Å². The fourth-order valence-corrected chi connectivity index (χ4v) is 2.60. The molecule has 0 spiro atoms. The van der Waals surface area contributed by atoms with Crippen LogP contribution in [0, 0.1) is 0 Å².